The van der Waals surface area contributed by atoms with Crippen molar-refractivity contribution in [1.82, 2.24) is 14.9 Å². The van der Waals surface area contributed by atoms with Crippen molar-refractivity contribution in [2.24, 2.45) is 0 Å². The maximum atomic E-state index is 5.17. The first kappa shape index (κ1) is 15.6. The Bertz CT molecular complexity index is 623. The van der Waals surface area contributed by atoms with Crippen LogP contribution < -0.4 is 15.0 Å². The number of hydrogen-bond donors (Lipinski definition) is 1. The maximum Gasteiger partial charge on any atom is 0.134 e. The van der Waals surface area contributed by atoms with E-state index in [0.717, 1.165) is 50.1 Å². The van der Waals surface area contributed by atoms with Crippen LogP contribution in [0.2, 0.25) is 0 Å². The Labute approximate surface area is 137 Å². The van der Waals surface area contributed by atoms with E-state index in [4.69, 9.17) is 4.74 Å². The number of rotatable bonds is 5. The quantitative estimate of drug-likeness (QED) is 0.909. The minimum atomic E-state index is 0.725. The van der Waals surface area contributed by atoms with Crippen LogP contribution in [0, 0.1) is 0 Å². The Hall–Kier alpha value is -2.34. The van der Waals surface area contributed by atoms with Crippen molar-refractivity contribution in [1.29, 1.82) is 0 Å². The Kier molecular flexibility index (Phi) is 4.92. The third kappa shape index (κ3) is 4.10. The lowest BCUT2D eigenvalue weighted by molar-refractivity contribution is 0.312. The molecule has 1 aliphatic heterocycles. The molecular weight excluding hydrogens is 290 g/mol. The topological polar surface area (TPSA) is 53.5 Å². The van der Waals surface area contributed by atoms with E-state index >= 15 is 0 Å². The molecule has 23 heavy (non-hydrogen) atoms. The van der Waals surface area contributed by atoms with Gasteiger partial charge in [-0.3, -0.25) is 0 Å². The van der Waals surface area contributed by atoms with E-state index in [0.29, 0.717) is 0 Å². The number of hydrogen-bond acceptors (Lipinski definition) is 6. The van der Waals surface area contributed by atoms with Crippen molar-refractivity contribution in [3.8, 4) is 5.75 Å². The fourth-order valence-electron chi connectivity index (χ4n) is 2.59. The highest BCUT2D eigenvalue weighted by molar-refractivity contribution is 5.49. The van der Waals surface area contributed by atoms with E-state index in [-0.39, 0.29) is 0 Å². The average molecular weight is 313 g/mol. The number of piperazine rings is 1. The lowest BCUT2D eigenvalue weighted by Crippen LogP contribution is -2.44. The van der Waals surface area contributed by atoms with E-state index in [2.05, 4.69) is 44.3 Å². The van der Waals surface area contributed by atoms with Crippen molar-refractivity contribution in [3.63, 3.8) is 0 Å². The number of likely N-dealkylation sites (N-methyl/N-ethyl adjacent to an activating group) is 1. The van der Waals surface area contributed by atoms with Gasteiger partial charge < -0.3 is 19.9 Å². The number of aromatic nitrogens is 2. The molecule has 6 nitrogen and oxygen atoms in total. The highest BCUT2D eigenvalue weighted by Gasteiger charge is 2.15. The van der Waals surface area contributed by atoms with Crippen LogP contribution in [0.4, 0.5) is 11.6 Å². The zero-order chi connectivity index (χ0) is 16.1. The highest BCUT2D eigenvalue weighted by Crippen LogP contribution is 2.17. The summed E-state index contributed by atoms with van der Waals surface area (Å²) in [6.07, 6.45) is 1.63. The van der Waals surface area contributed by atoms with Crippen molar-refractivity contribution in [2.45, 2.75) is 6.54 Å². The second-order valence-electron chi connectivity index (χ2n) is 5.75. The standard InChI is InChI=1S/C17H23N5O/c1-21-7-9-22(10-8-21)17-11-16(19-13-20-17)18-12-14-3-5-15(23-2)6-4-14/h3-6,11,13H,7-10,12H2,1-2H3,(H,18,19,20). The van der Waals surface area contributed by atoms with Gasteiger partial charge in [0.1, 0.15) is 23.7 Å². The molecule has 0 spiro atoms. The smallest absolute Gasteiger partial charge is 0.134 e. The molecule has 0 amide bonds. The van der Waals surface area contributed by atoms with Crippen molar-refractivity contribution >= 4 is 11.6 Å². The van der Waals surface area contributed by atoms with Gasteiger partial charge in [0.15, 0.2) is 0 Å². The summed E-state index contributed by atoms with van der Waals surface area (Å²) in [4.78, 5) is 13.4. The molecule has 1 aliphatic rings. The van der Waals surface area contributed by atoms with Crippen LogP contribution in [0.25, 0.3) is 0 Å². The molecule has 1 saturated heterocycles. The van der Waals surface area contributed by atoms with Crippen molar-refractivity contribution in [3.05, 3.63) is 42.2 Å². The molecule has 0 saturated carbocycles. The second-order valence-corrected chi connectivity index (χ2v) is 5.75. The molecule has 3 rings (SSSR count). The first-order chi connectivity index (χ1) is 11.2. The largest absolute Gasteiger partial charge is 0.497 e. The van der Waals surface area contributed by atoms with Crippen LogP contribution in [-0.2, 0) is 6.54 Å². The third-order valence-electron chi connectivity index (χ3n) is 4.11. The van der Waals surface area contributed by atoms with Gasteiger partial charge >= 0.3 is 0 Å². The van der Waals surface area contributed by atoms with Crippen LogP contribution in [0.5, 0.6) is 5.75 Å². The van der Waals surface area contributed by atoms with Gasteiger partial charge in [-0.1, -0.05) is 12.1 Å². The average Bonchev–Trinajstić information content (AvgIpc) is 2.61. The molecule has 122 valence electrons. The van der Waals surface area contributed by atoms with Crippen LogP contribution >= 0.6 is 0 Å². The zero-order valence-electron chi connectivity index (χ0n) is 13.7. The molecular formula is C17H23N5O. The fraction of sp³-hybridized carbons (Fsp3) is 0.412. The van der Waals surface area contributed by atoms with Gasteiger partial charge in [0.2, 0.25) is 0 Å². The normalized spacial score (nSPS) is 15.5. The van der Waals surface area contributed by atoms with Crippen LogP contribution in [0.1, 0.15) is 5.56 Å². The molecule has 0 bridgehead atoms. The van der Waals surface area contributed by atoms with Gasteiger partial charge in [0.05, 0.1) is 7.11 Å². The number of anilines is 2. The summed E-state index contributed by atoms with van der Waals surface area (Å²) in [5, 5.41) is 3.36. The van der Waals surface area contributed by atoms with Crippen molar-refractivity contribution < 1.29 is 4.74 Å². The van der Waals surface area contributed by atoms with Gasteiger partial charge in [-0.15, -0.1) is 0 Å². The summed E-state index contributed by atoms with van der Waals surface area (Å²) >= 11 is 0. The highest BCUT2D eigenvalue weighted by atomic mass is 16.5. The minimum absolute atomic E-state index is 0.725. The number of nitrogens with zero attached hydrogens (tertiary/aromatic N) is 4. The van der Waals surface area contributed by atoms with Gasteiger partial charge in [-0.2, -0.15) is 0 Å². The molecule has 1 N–H and O–H groups in total. The summed E-state index contributed by atoms with van der Waals surface area (Å²) in [5.74, 6) is 2.71. The predicted octanol–water partition coefficient (Wildman–Crippen LogP) is 1.85. The predicted molar refractivity (Wildman–Crippen MR) is 92.1 cm³/mol. The lowest BCUT2D eigenvalue weighted by atomic mass is 10.2. The number of nitrogens with one attached hydrogen (secondary N) is 1. The summed E-state index contributed by atoms with van der Waals surface area (Å²) in [6.45, 7) is 4.87. The van der Waals surface area contributed by atoms with E-state index in [9.17, 15) is 0 Å². The summed E-state index contributed by atoms with van der Waals surface area (Å²) < 4.78 is 5.17. The first-order valence-electron chi connectivity index (χ1n) is 7.87. The summed E-state index contributed by atoms with van der Waals surface area (Å²) in [5.41, 5.74) is 1.19. The molecule has 6 heteroatoms. The Morgan fingerprint density at radius 2 is 1.83 bits per heavy atom. The van der Waals surface area contributed by atoms with E-state index < -0.39 is 0 Å². The molecule has 2 aromatic rings. The van der Waals surface area contributed by atoms with E-state index in [1.807, 2.05) is 18.2 Å². The third-order valence-corrected chi connectivity index (χ3v) is 4.11. The van der Waals surface area contributed by atoms with Crippen LogP contribution in [0.15, 0.2) is 36.7 Å². The Morgan fingerprint density at radius 1 is 1.09 bits per heavy atom. The maximum absolute atomic E-state index is 5.17. The molecule has 0 radical (unpaired) electrons. The van der Waals surface area contributed by atoms with E-state index in [1.165, 1.54) is 5.56 Å². The van der Waals surface area contributed by atoms with Gasteiger partial charge in [0.25, 0.3) is 0 Å². The van der Waals surface area contributed by atoms with Crippen LogP contribution in [-0.4, -0.2) is 55.2 Å². The summed E-state index contributed by atoms with van der Waals surface area (Å²) in [7, 11) is 3.83. The lowest BCUT2D eigenvalue weighted by Gasteiger charge is -2.33. The van der Waals surface area contributed by atoms with Crippen molar-refractivity contribution in [2.75, 3.05) is 50.6 Å². The molecule has 0 atom stereocenters. The molecule has 0 aliphatic carbocycles. The van der Waals surface area contributed by atoms with Gasteiger partial charge in [0, 0.05) is 38.8 Å². The monoisotopic (exact) mass is 313 g/mol. The molecule has 1 fully saturated rings. The van der Waals surface area contributed by atoms with Gasteiger partial charge in [-0.05, 0) is 24.7 Å². The number of methoxy groups -OCH3 is 1. The van der Waals surface area contributed by atoms with Gasteiger partial charge in [-0.25, -0.2) is 9.97 Å². The zero-order valence-corrected chi connectivity index (χ0v) is 13.7. The van der Waals surface area contributed by atoms with Crippen LogP contribution in [0.3, 0.4) is 0 Å². The SMILES string of the molecule is COc1ccc(CNc2cc(N3CCN(C)CC3)ncn2)cc1. The molecule has 1 aromatic carbocycles. The second kappa shape index (κ2) is 7.28. The summed E-state index contributed by atoms with van der Waals surface area (Å²) in [6, 6.07) is 10.1. The Balaban J connectivity index is 1.60. The minimum Gasteiger partial charge on any atom is -0.497 e. The molecule has 1 aromatic heterocycles. The molecule has 0 unspecified atom stereocenters. The fourth-order valence-corrected chi connectivity index (χ4v) is 2.59. The first-order valence-corrected chi connectivity index (χ1v) is 7.87. The number of benzene rings is 1. The van der Waals surface area contributed by atoms with E-state index in [1.54, 1.807) is 13.4 Å². The number of ether oxygens (including phenoxy) is 1. The Morgan fingerprint density at radius 3 is 2.52 bits per heavy atom. The molecule has 2 heterocycles.